The standard InChI is InChI=1S/C41H55NO3/c1-27(2)13-12-14-28(3)32-21-22-33-31-19-20-35-37(42-38(43)29-15-8-6-9-16-29)36(45-39(44)30-17-10-7-11-18-30)24-26-41(35,5)34(31)23-25-40(32,33)4/h6-11,15-18,20,27-28,31-34,36-37H,12-14,19,21-26H2,1-5H3,(H,42,43)/t28-,31+,32-,33+,34+,36+,37-,40-,41-/m1/s1. The van der Waals surface area contributed by atoms with Gasteiger partial charge in [0.1, 0.15) is 6.10 Å². The van der Waals surface area contributed by atoms with Gasteiger partial charge >= 0.3 is 5.97 Å². The molecular formula is C41H55NO3. The van der Waals surface area contributed by atoms with E-state index in [0.29, 0.717) is 28.4 Å². The maximum absolute atomic E-state index is 13.6. The molecule has 2 aromatic carbocycles. The van der Waals surface area contributed by atoms with E-state index >= 15 is 0 Å². The monoisotopic (exact) mass is 609 g/mol. The Labute approximate surface area is 271 Å². The van der Waals surface area contributed by atoms with Gasteiger partial charge in [0, 0.05) is 5.56 Å². The number of fused-ring (bicyclic) bond motifs is 5. The van der Waals surface area contributed by atoms with Crippen LogP contribution in [0.25, 0.3) is 0 Å². The van der Waals surface area contributed by atoms with Gasteiger partial charge in [0.25, 0.3) is 5.91 Å². The smallest absolute Gasteiger partial charge is 0.338 e. The van der Waals surface area contributed by atoms with E-state index in [-0.39, 0.29) is 23.3 Å². The summed E-state index contributed by atoms with van der Waals surface area (Å²) in [6, 6.07) is 18.4. The van der Waals surface area contributed by atoms with Crippen molar-refractivity contribution in [1.82, 2.24) is 5.32 Å². The van der Waals surface area contributed by atoms with Crippen molar-refractivity contribution >= 4 is 11.9 Å². The first-order valence-corrected chi connectivity index (χ1v) is 17.9. The Morgan fingerprint density at radius 3 is 2.22 bits per heavy atom. The molecule has 2 aromatic rings. The van der Waals surface area contributed by atoms with Crippen molar-refractivity contribution in [3.63, 3.8) is 0 Å². The fourth-order valence-corrected chi connectivity index (χ4v) is 10.7. The molecule has 0 aliphatic heterocycles. The lowest BCUT2D eigenvalue weighted by molar-refractivity contribution is -0.0640. The highest BCUT2D eigenvalue weighted by Crippen LogP contribution is 2.67. The Balaban J connectivity index is 1.25. The fraction of sp³-hybridized carbons (Fsp3) is 0.610. The largest absolute Gasteiger partial charge is 0.456 e. The lowest BCUT2D eigenvalue weighted by Gasteiger charge is -2.59. The number of rotatable bonds is 9. The number of amides is 1. The SMILES string of the molecule is CC(C)CCC[C@@H](C)[C@H]1CC[C@H]2[C@@H]3CC=C4[C@@H](NC(=O)c5ccccc5)[C@@H](OC(=O)c5ccccc5)CC[C@]4(C)[C@H]3CC[C@]12C. The molecule has 9 atom stereocenters. The summed E-state index contributed by atoms with van der Waals surface area (Å²) >= 11 is 0. The molecule has 45 heavy (non-hydrogen) atoms. The van der Waals surface area contributed by atoms with Crippen LogP contribution in [0.5, 0.6) is 0 Å². The third-order valence-electron chi connectivity index (χ3n) is 13.0. The Morgan fingerprint density at radius 2 is 1.53 bits per heavy atom. The number of carbonyl (C=O) groups excluding carboxylic acids is 2. The molecule has 0 unspecified atom stereocenters. The molecule has 0 heterocycles. The molecule has 0 radical (unpaired) electrons. The molecule has 1 N–H and O–H groups in total. The first kappa shape index (κ1) is 32.1. The average Bonchev–Trinajstić information content (AvgIpc) is 3.40. The lowest BCUT2D eigenvalue weighted by atomic mass is 9.46. The summed E-state index contributed by atoms with van der Waals surface area (Å²) in [6.07, 6.45) is 14.3. The zero-order chi connectivity index (χ0) is 31.8. The molecule has 3 saturated carbocycles. The molecule has 0 saturated heterocycles. The van der Waals surface area contributed by atoms with Gasteiger partial charge in [-0.1, -0.05) is 96.4 Å². The molecule has 4 aliphatic rings. The van der Waals surface area contributed by atoms with E-state index in [9.17, 15) is 9.59 Å². The number of ether oxygens (including phenoxy) is 1. The van der Waals surface area contributed by atoms with Crippen LogP contribution in [-0.4, -0.2) is 24.0 Å². The summed E-state index contributed by atoms with van der Waals surface area (Å²) in [7, 11) is 0. The minimum atomic E-state index is -0.391. The second-order valence-electron chi connectivity index (χ2n) is 15.9. The van der Waals surface area contributed by atoms with Crippen LogP contribution in [0.2, 0.25) is 0 Å². The molecular weight excluding hydrogens is 554 g/mol. The Morgan fingerprint density at radius 1 is 0.844 bits per heavy atom. The van der Waals surface area contributed by atoms with Crippen LogP contribution in [-0.2, 0) is 4.74 Å². The third kappa shape index (κ3) is 6.15. The lowest BCUT2D eigenvalue weighted by Crippen LogP contribution is -2.58. The maximum atomic E-state index is 13.6. The third-order valence-corrected chi connectivity index (χ3v) is 13.0. The van der Waals surface area contributed by atoms with Gasteiger partial charge in [-0.25, -0.2) is 4.79 Å². The van der Waals surface area contributed by atoms with Gasteiger partial charge in [0.05, 0.1) is 11.6 Å². The minimum absolute atomic E-state index is 0.00446. The summed E-state index contributed by atoms with van der Waals surface area (Å²) in [5, 5.41) is 3.38. The predicted octanol–water partition coefficient (Wildman–Crippen LogP) is 9.66. The second-order valence-corrected chi connectivity index (χ2v) is 15.9. The molecule has 4 aliphatic carbocycles. The maximum Gasteiger partial charge on any atom is 0.338 e. The second kappa shape index (κ2) is 13.1. The van der Waals surface area contributed by atoms with Crippen LogP contribution < -0.4 is 5.32 Å². The highest BCUT2D eigenvalue weighted by molar-refractivity contribution is 5.94. The molecule has 0 spiro atoms. The Kier molecular flexibility index (Phi) is 9.33. The summed E-state index contributed by atoms with van der Waals surface area (Å²) in [5.41, 5.74) is 2.92. The number of allylic oxidation sites excluding steroid dienone is 1. The molecule has 0 aromatic heterocycles. The van der Waals surface area contributed by atoms with Crippen molar-refractivity contribution in [1.29, 1.82) is 0 Å². The van der Waals surface area contributed by atoms with Crippen LogP contribution in [0.4, 0.5) is 0 Å². The predicted molar refractivity (Wildman–Crippen MR) is 182 cm³/mol. The number of nitrogens with one attached hydrogen (secondary N) is 1. The molecule has 242 valence electrons. The Bertz CT molecular complexity index is 1370. The Hall–Kier alpha value is -2.88. The molecule has 0 bridgehead atoms. The number of benzene rings is 2. The molecule has 4 nitrogen and oxygen atoms in total. The summed E-state index contributed by atoms with van der Waals surface area (Å²) in [5.74, 6) is 4.08. The van der Waals surface area contributed by atoms with E-state index in [4.69, 9.17) is 4.74 Å². The molecule has 3 fully saturated rings. The summed E-state index contributed by atoms with van der Waals surface area (Å²) in [4.78, 5) is 26.9. The van der Waals surface area contributed by atoms with Gasteiger partial charge in [-0.15, -0.1) is 0 Å². The number of hydrogen-bond acceptors (Lipinski definition) is 3. The normalized spacial score (nSPS) is 34.6. The quantitative estimate of drug-likeness (QED) is 0.227. The number of esters is 1. The van der Waals surface area contributed by atoms with Gasteiger partial charge in [-0.3, -0.25) is 4.79 Å². The average molecular weight is 610 g/mol. The molecule has 1 amide bonds. The van der Waals surface area contributed by atoms with Gasteiger partial charge in [-0.2, -0.15) is 0 Å². The van der Waals surface area contributed by atoms with Gasteiger partial charge < -0.3 is 10.1 Å². The summed E-state index contributed by atoms with van der Waals surface area (Å²) in [6.45, 7) is 12.4. The van der Waals surface area contributed by atoms with E-state index in [0.717, 1.165) is 42.9 Å². The van der Waals surface area contributed by atoms with E-state index in [1.165, 1.54) is 50.5 Å². The minimum Gasteiger partial charge on any atom is -0.456 e. The first-order valence-electron chi connectivity index (χ1n) is 17.9. The highest BCUT2D eigenvalue weighted by atomic mass is 16.5. The number of hydrogen-bond donors (Lipinski definition) is 1. The van der Waals surface area contributed by atoms with E-state index in [1.54, 1.807) is 12.1 Å². The number of carbonyl (C=O) groups is 2. The molecule has 6 rings (SSSR count). The first-order chi connectivity index (χ1) is 21.6. The highest BCUT2D eigenvalue weighted by Gasteiger charge is 2.60. The van der Waals surface area contributed by atoms with Gasteiger partial charge in [-0.05, 0) is 121 Å². The topological polar surface area (TPSA) is 55.4 Å². The zero-order valence-electron chi connectivity index (χ0n) is 28.3. The van der Waals surface area contributed by atoms with Gasteiger partial charge in [0.2, 0.25) is 0 Å². The van der Waals surface area contributed by atoms with Crippen molar-refractivity contribution < 1.29 is 14.3 Å². The summed E-state index contributed by atoms with van der Waals surface area (Å²) < 4.78 is 6.23. The van der Waals surface area contributed by atoms with Crippen LogP contribution in [0.1, 0.15) is 120 Å². The van der Waals surface area contributed by atoms with Crippen LogP contribution in [0, 0.1) is 46.3 Å². The fourth-order valence-electron chi connectivity index (χ4n) is 10.7. The van der Waals surface area contributed by atoms with E-state index in [1.807, 2.05) is 48.5 Å². The van der Waals surface area contributed by atoms with Crippen molar-refractivity contribution in [2.75, 3.05) is 0 Å². The van der Waals surface area contributed by atoms with E-state index < -0.39 is 6.10 Å². The van der Waals surface area contributed by atoms with Gasteiger partial charge in [0.15, 0.2) is 0 Å². The van der Waals surface area contributed by atoms with Crippen molar-refractivity contribution in [2.24, 2.45) is 46.3 Å². The van der Waals surface area contributed by atoms with Crippen LogP contribution in [0.15, 0.2) is 72.3 Å². The van der Waals surface area contributed by atoms with Crippen molar-refractivity contribution in [2.45, 2.75) is 111 Å². The van der Waals surface area contributed by atoms with Crippen LogP contribution in [0.3, 0.4) is 0 Å². The molecule has 4 heteroatoms. The van der Waals surface area contributed by atoms with E-state index in [2.05, 4.69) is 46.0 Å². The zero-order valence-corrected chi connectivity index (χ0v) is 28.3. The van der Waals surface area contributed by atoms with Crippen LogP contribution >= 0.6 is 0 Å². The van der Waals surface area contributed by atoms with Crippen molar-refractivity contribution in [3.05, 3.63) is 83.4 Å². The van der Waals surface area contributed by atoms with Crippen molar-refractivity contribution in [3.8, 4) is 0 Å².